The number of carboxylic acids is 1. The molecule has 0 saturated heterocycles. The van der Waals surface area contributed by atoms with Crippen molar-refractivity contribution in [2.24, 2.45) is 0 Å². The average Bonchev–Trinajstić information content (AvgIpc) is 3.23. The van der Waals surface area contributed by atoms with Crippen LogP contribution in [0.15, 0.2) is 18.3 Å². The van der Waals surface area contributed by atoms with Crippen molar-refractivity contribution >= 4 is 11.9 Å². The van der Waals surface area contributed by atoms with Crippen LogP contribution in [0.2, 0.25) is 0 Å². The first-order valence-electron chi connectivity index (χ1n) is 6.01. The minimum Gasteiger partial charge on any atom is -0.478 e. The van der Waals surface area contributed by atoms with E-state index in [1.807, 2.05) is 6.07 Å². The van der Waals surface area contributed by atoms with Gasteiger partial charge in [0.2, 0.25) is 0 Å². The van der Waals surface area contributed by atoms with E-state index in [2.05, 4.69) is 4.98 Å². The summed E-state index contributed by atoms with van der Waals surface area (Å²) in [5.41, 5.74) is -0.157. The Morgan fingerprint density at radius 2 is 2.26 bits per heavy atom. The Labute approximate surface area is 110 Å². The molecule has 6 nitrogen and oxygen atoms in total. The summed E-state index contributed by atoms with van der Waals surface area (Å²) in [5, 5.41) is 17.7. The van der Waals surface area contributed by atoms with E-state index in [1.165, 1.54) is 18.3 Å². The van der Waals surface area contributed by atoms with Crippen molar-refractivity contribution in [2.75, 3.05) is 6.54 Å². The van der Waals surface area contributed by atoms with E-state index < -0.39 is 11.9 Å². The number of carbonyl (C=O) groups is 2. The van der Waals surface area contributed by atoms with Crippen molar-refractivity contribution < 1.29 is 14.7 Å². The van der Waals surface area contributed by atoms with E-state index in [0.717, 1.165) is 12.8 Å². The molecule has 0 aromatic carbocycles. The molecule has 0 bridgehead atoms. The van der Waals surface area contributed by atoms with Crippen LogP contribution in [-0.4, -0.2) is 39.5 Å². The standard InChI is InChI=1S/C13H13N3O3/c14-6-2-8-16(9-4-5-9)12(17)11-10(13(18)19)3-1-7-15-11/h1,3,7,9H,2,4-5,8H2,(H,18,19). The van der Waals surface area contributed by atoms with E-state index in [9.17, 15) is 9.59 Å². The molecule has 0 radical (unpaired) electrons. The van der Waals surface area contributed by atoms with Crippen molar-refractivity contribution in [3.8, 4) is 6.07 Å². The lowest BCUT2D eigenvalue weighted by atomic mass is 10.1. The topological polar surface area (TPSA) is 94.3 Å². The summed E-state index contributed by atoms with van der Waals surface area (Å²) in [6.07, 6.45) is 3.42. The number of hydrogen-bond acceptors (Lipinski definition) is 4. The SMILES string of the molecule is N#CCCN(C(=O)c1ncccc1C(=O)O)C1CC1. The molecule has 1 fully saturated rings. The zero-order valence-electron chi connectivity index (χ0n) is 10.2. The fourth-order valence-corrected chi connectivity index (χ4v) is 1.89. The van der Waals surface area contributed by atoms with Crippen molar-refractivity contribution in [3.63, 3.8) is 0 Å². The van der Waals surface area contributed by atoms with Gasteiger partial charge in [0, 0.05) is 18.8 Å². The van der Waals surface area contributed by atoms with Gasteiger partial charge in [-0.05, 0) is 25.0 Å². The van der Waals surface area contributed by atoms with Crippen molar-refractivity contribution in [1.29, 1.82) is 5.26 Å². The summed E-state index contributed by atoms with van der Waals surface area (Å²) in [6.45, 7) is 0.315. The summed E-state index contributed by atoms with van der Waals surface area (Å²) < 4.78 is 0. The number of carboxylic acid groups (broad SMARTS) is 1. The molecule has 1 aromatic heterocycles. The second kappa shape index (κ2) is 5.48. The quantitative estimate of drug-likeness (QED) is 0.860. The molecule has 2 rings (SSSR count). The molecule has 1 amide bonds. The first-order chi connectivity index (χ1) is 9.15. The maximum Gasteiger partial charge on any atom is 0.338 e. The summed E-state index contributed by atoms with van der Waals surface area (Å²) in [6, 6.07) is 4.95. The Bertz CT molecular complexity index is 546. The van der Waals surface area contributed by atoms with Crippen molar-refractivity contribution in [1.82, 2.24) is 9.88 Å². The molecular weight excluding hydrogens is 246 g/mol. The fraction of sp³-hybridized carbons (Fsp3) is 0.385. The molecular formula is C13H13N3O3. The van der Waals surface area contributed by atoms with Crippen LogP contribution in [0.3, 0.4) is 0 Å². The van der Waals surface area contributed by atoms with Gasteiger partial charge in [0.25, 0.3) is 5.91 Å². The molecule has 0 aliphatic heterocycles. The molecule has 0 unspecified atom stereocenters. The third kappa shape index (κ3) is 2.88. The zero-order chi connectivity index (χ0) is 13.8. The molecule has 1 aromatic rings. The minimum atomic E-state index is -1.17. The zero-order valence-corrected chi connectivity index (χ0v) is 10.2. The Hall–Kier alpha value is -2.42. The molecule has 0 spiro atoms. The second-order valence-corrected chi connectivity index (χ2v) is 4.34. The van der Waals surface area contributed by atoms with Gasteiger partial charge in [0.15, 0.2) is 0 Å². The highest BCUT2D eigenvalue weighted by Gasteiger charge is 2.34. The van der Waals surface area contributed by atoms with Gasteiger partial charge in [0.05, 0.1) is 18.1 Å². The van der Waals surface area contributed by atoms with Crippen LogP contribution < -0.4 is 0 Å². The average molecular weight is 259 g/mol. The summed E-state index contributed by atoms with van der Waals surface area (Å²) in [7, 11) is 0. The normalized spacial score (nSPS) is 13.6. The Balaban J connectivity index is 2.26. The number of aromatic carboxylic acids is 1. The molecule has 1 heterocycles. The first kappa shape index (κ1) is 13.0. The van der Waals surface area contributed by atoms with Crippen molar-refractivity contribution in [2.45, 2.75) is 25.3 Å². The lowest BCUT2D eigenvalue weighted by Gasteiger charge is -2.21. The van der Waals surface area contributed by atoms with Crippen LogP contribution in [0.5, 0.6) is 0 Å². The number of rotatable bonds is 5. The van der Waals surface area contributed by atoms with E-state index in [0.29, 0.717) is 6.54 Å². The Kier molecular flexibility index (Phi) is 3.76. The largest absolute Gasteiger partial charge is 0.478 e. The molecule has 1 N–H and O–H groups in total. The lowest BCUT2D eigenvalue weighted by Crippen LogP contribution is -2.35. The van der Waals surface area contributed by atoms with Gasteiger partial charge in [0.1, 0.15) is 5.69 Å². The molecule has 98 valence electrons. The van der Waals surface area contributed by atoms with Gasteiger partial charge in [-0.3, -0.25) is 9.78 Å². The monoisotopic (exact) mass is 259 g/mol. The lowest BCUT2D eigenvalue weighted by molar-refractivity contribution is 0.0669. The van der Waals surface area contributed by atoms with E-state index in [1.54, 1.807) is 4.90 Å². The number of hydrogen-bond donors (Lipinski definition) is 1. The van der Waals surface area contributed by atoms with Gasteiger partial charge in [-0.1, -0.05) is 0 Å². The fourth-order valence-electron chi connectivity index (χ4n) is 1.89. The predicted octanol–water partition coefficient (Wildman–Crippen LogP) is 1.30. The minimum absolute atomic E-state index is 0.0557. The van der Waals surface area contributed by atoms with Gasteiger partial charge >= 0.3 is 5.97 Å². The van der Waals surface area contributed by atoms with E-state index >= 15 is 0 Å². The molecule has 19 heavy (non-hydrogen) atoms. The highest BCUT2D eigenvalue weighted by atomic mass is 16.4. The summed E-state index contributed by atoms with van der Waals surface area (Å²) in [4.78, 5) is 28.9. The summed E-state index contributed by atoms with van der Waals surface area (Å²) >= 11 is 0. The van der Waals surface area contributed by atoms with Gasteiger partial charge in [-0.2, -0.15) is 5.26 Å². The van der Waals surface area contributed by atoms with Gasteiger partial charge in [-0.25, -0.2) is 4.79 Å². The maximum absolute atomic E-state index is 12.3. The van der Waals surface area contributed by atoms with E-state index in [-0.39, 0.29) is 23.7 Å². The second-order valence-electron chi connectivity index (χ2n) is 4.34. The number of nitrogens with zero attached hydrogens (tertiary/aromatic N) is 3. The predicted molar refractivity (Wildman–Crippen MR) is 65.5 cm³/mol. The Morgan fingerprint density at radius 1 is 1.53 bits per heavy atom. The van der Waals surface area contributed by atoms with Crippen LogP contribution in [0.1, 0.15) is 40.1 Å². The maximum atomic E-state index is 12.3. The van der Waals surface area contributed by atoms with Crippen molar-refractivity contribution in [3.05, 3.63) is 29.6 Å². The third-order valence-electron chi connectivity index (χ3n) is 2.95. The molecule has 0 atom stereocenters. The highest BCUT2D eigenvalue weighted by Crippen LogP contribution is 2.28. The first-order valence-corrected chi connectivity index (χ1v) is 6.01. The van der Waals surface area contributed by atoms with Crippen LogP contribution in [0, 0.1) is 11.3 Å². The van der Waals surface area contributed by atoms with Gasteiger partial charge < -0.3 is 10.0 Å². The number of nitriles is 1. The van der Waals surface area contributed by atoms with E-state index in [4.69, 9.17) is 10.4 Å². The molecule has 1 saturated carbocycles. The van der Waals surface area contributed by atoms with Crippen LogP contribution >= 0.6 is 0 Å². The molecule has 1 aliphatic rings. The molecule has 1 aliphatic carbocycles. The number of amides is 1. The Morgan fingerprint density at radius 3 is 2.84 bits per heavy atom. The number of aromatic nitrogens is 1. The number of carbonyl (C=O) groups excluding carboxylic acids is 1. The van der Waals surface area contributed by atoms with Crippen LogP contribution in [0.25, 0.3) is 0 Å². The van der Waals surface area contributed by atoms with Crippen LogP contribution in [0.4, 0.5) is 0 Å². The van der Waals surface area contributed by atoms with Crippen LogP contribution in [-0.2, 0) is 0 Å². The number of pyridine rings is 1. The third-order valence-corrected chi connectivity index (χ3v) is 2.95. The highest BCUT2D eigenvalue weighted by molar-refractivity contribution is 6.03. The smallest absolute Gasteiger partial charge is 0.338 e. The molecule has 6 heteroatoms. The summed E-state index contributed by atoms with van der Waals surface area (Å²) in [5.74, 6) is -1.58. The van der Waals surface area contributed by atoms with Gasteiger partial charge in [-0.15, -0.1) is 0 Å².